The van der Waals surface area contributed by atoms with Crippen LogP contribution in [0.2, 0.25) is 0 Å². The highest BCUT2D eigenvalue weighted by atomic mass is 16.6. The van der Waals surface area contributed by atoms with Gasteiger partial charge in [0.1, 0.15) is 0 Å². The van der Waals surface area contributed by atoms with Crippen molar-refractivity contribution in [3.63, 3.8) is 0 Å². The third kappa shape index (κ3) is 1.79. The van der Waals surface area contributed by atoms with Gasteiger partial charge in [0.15, 0.2) is 0 Å². The van der Waals surface area contributed by atoms with Gasteiger partial charge in [-0.25, -0.2) is 4.79 Å². The van der Waals surface area contributed by atoms with Crippen LogP contribution in [0.1, 0.15) is 5.56 Å². The van der Waals surface area contributed by atoms with E-state index in [9.17, 15) is 14.6 Å². The van der Waals surface area contributed by atoms with Crippen molar-refractivity contribution in [3.8, 4) is 0 Å². The number of nitrogens with two attached hydrogens (primary N) is 1. The van der Waals surface area contributed by atoms with Crippen molar-refractivity contribution in [1.82, 2.24) is 0 Å². The summed E-state index contributed by atoms with van der Waals surface area (Å²) < 4.78 is 4.63. The Kier molecular flexibility index (Phi) is 2.64. The normalized spacial score (nSPS) is 23.6. The van der Waals surface area contributed by atoms with Crippen LogP contribution in [0.4, 0.5) is 0 Å². The summed E-state index contributed by atoms with van der Waals surface area (Å²) in [5.74, 6) is -2.62. The van der Waals surface area contributed by atoms with Gasteiger partial charge in [0.2, 0.25) is 5.54 Å². The molecule has 0 saturated heterocycles. The lowest BCUT2D eigenvalue weighted by Gasteiger charge is -2.20. The second-order valence-corrected chi connectivity index (χ2v) is 3.91. The predicted molar refractivity (Wildman–Crippen MR) is 58.4 cm³/mol. The first-order valence-electron chi connectivity index (χ1n) is 4.94. The molecular weight excluding hydrogens is 225 g/mol. The van der Waals surface area contributed by atoms with Gasteiger partial charge >= 0.3 is 19.1 Å². The molecular formula is C10H10BNO5. The molecule has 0 saturated carbocycles. The summed E-state index contributed by atoms with van der Waals surface area (Å²) in [6.45, 7) is 0. The minimum Gasteiger partial charge on any atom is -0.504 e. The summed E-state index contributed by atoms with van der Waals surface area (Å²) in [5, 5.41) is 18.6. The number of benzene rings is 1. The number of carbonyl (C=O) groups excluding carboxylic acids is 1. The van der Waals surface area contributed by atoms with Crippen LogP contribution in [0.25, 0.3) is 0 Å². The summed E-state index contributed by atoms with van der Waals surface area (Å²) in [7, 11) is -1.48. The first-order valence-corrected chi connectivity index (χ1v) is 4.94. The Morgan fingerprint density at radius 1 is 1.47 bits per heavy atom. The number of aliphatic carboxylic acids is 1. The molecule has 0 spiro atoms. The molecule has 88 valence electrons. The molecule has 7 heteroatoms. The van der Waals surface area contributed by atoms with Crippen LogP contribution in [0.5, 0.6) is 0 Å². The Bertz CT molecular complexity index is 491. The molecule has 0 fully saturated rings. The lowest BCUT2D eigenvalue weighted by atomic mass is 9.76. The Hall–Kier alpha value is -1.86. The van der Waals surface area contributed by atoms with Crippen molar-refractivity contribution < 1.29 is 24.4 Å². The molecule has 0 unspecified atom stereocenters. The van der Waals surface area contributed by atoms with Crippen molar-refractivity contribution in [1.29, 1.82) is 0 Å². The molecule has 6 nitrogen and oxygen atoms in total. The lowest BCUT2D eigenvalue weighted by molar-refractivity contribution is -0.155. The van der Waals surface area contributed by atoms with Crippen LogP contribution in [-0.2, 0) is 20.7 Å². The fourth-order valence-corrected chi connectivity index (χ4v) is 1.74. The van der Waals surface area contributed by atoms with E-state index in [2.05, 4.69) is 4.65 Å². The molecule has 0 amide bonds. The topological polar surface area (TPSA) is 110 Å². The van der Waals surface area contributed by atoms with E-state index in [0.29, 0.717) is 11.0 Å². The van der Waals surface area contributed by atoms with E-state index in [-0.39, 0.29) is 6.42 Å². The highest BCUT2D eigenvalue weighted by Gasteiger charge is 2.48. The monoisotopic (exact) mass is 235 g/mol. The molecule has 0 aromatic heterocycles. The average molecular weight is 235 g/mol. The molecule has 1 aliphatic rings. The van der Waals surface area contributed by atoms with Crippen molar-refractivity contribution in [3.05, 3.63) is 29.8 Å². The second kappa shape index (κ2) is 3.87. The summed E-state index contributed by atoms with van der Waals surface area (Å²) >= 11 is 0. The van der Waals surface area contributed by atoms with Gasteiger partial charge in [0.25, 0.3) is 0 Å². The van der Waals surface area contributed by atoms with E-state index in [4.69, 9.17) is 10.8 Å². The fourth-order valence-electron chi connectivity index (χ4n) is 1.74. The quantitative estimate of drug-likeness (QED) is 0.393. The van der Waals surface area contributed by atoms with Crippen molar-refractivity contribution in [2.75, 3.05) is 0 Å². The molecule has 0 aliphatic carbocycles. The van der Waals surface area contributed by atoms with Crippen LogP contribution >= 0.6 is 0 Å². The SMILES string of the molecule is N[C@]1(C(=O)O)Cc2ccccc2B(O)OC1=O. The van der Waals surface area contributed by atoms with Crippen LogP contribution in [0.3, 0.4) is 0 Å². The van der Waals surface area contributed by atoms with E-state index in [0.717, 1.165) is 0 Å². The fraction of sp³-hybridized carbons (Fsp3) is 0.200. The zero-order valence-electron chi connectivity index (χ0n) is 8.79. The van der Waals surface area contributed by atoms with Crippen LogP contribution in [0, 0.1) is 0 Å². The first-order chi connectivity index (χ1) is 7.95. The number of hydrogen-bond donors (Lipinski definition) is 3. The minimum absolute atomic E-state index is 0.214. The molecule has 0 radical (unpaired) electrons. The average Bonchev–Trinajstić information content (AvgIpc) is 2.37. The van der Waals surface area contributed by atoms with E-state index in [1.54, 1.807) is 24.3 Å². The van der Waals surface area contributed by atoms with E-state index in [1.165, 1.54) is 0 Å². The number of hydrogen-bond acceptors (Lipinski definition) is 5. The second-order valence-electron chi connectivity index (χ2n) is 3.91. The maximum absolute atomic E-state index is 11.6. The van der Waals surface area contributed by atoms with Crippen LogP contribution < -0.4 is 11.2 Å². The summed E-state index contributed by atoms with van der Waals surface area (Å²) in [6.07, 6.45) is -0.214. The van der Waals surface area contributed by atoms with Crippen LogP contribution in [0.15, 0.2) is 24.3 Å². The number of carboxylic acid groups (broad SMARTS) is 1. The maximum atomic E-state index is 11.6. The Morgan fingerprint density at radius 3 is 2.76 bits per heavy atom. The van der Waals surface area contributed by atoms with E-state index < -0.39 is 24.6 Å². The van der Waals surface area contributed by atoms with Gasteiger partial charge in [-0.15, -0.1) is 0 Å². The first kappa shape index (κ1) is 11.6. The van der Waals surface area contributed by atoms with Crippen molar-refractivity contribution in [2.45, 2.75) is 12.0 Å². The van der Waals surface area contributed by atoms with Crippen molar-refractivity contribution in [2.24, 2.45) is 5.73 Å². The Morgan fingerprint density at radius 2 is 2.12 bits per heavy atom. The predicted octanol–water partition coefficient (Wildman–Crippen LogP) is -1.74. The number of rotatable bonds is 1. The molecule has 2 rings (SSSR count). The third-order valence-corrected chi connectivity index (χ3v) is 2.75. The Labute approximate surface area is 97.1 Å². The van der Waals surface area contributed by atoms with Gasteiger partial charge in [-0.05, 0) is 5.56 Å². The van der Waals surface area contributed by atoms with Gasteiger partial charge in [-0.3, -0.25) is 4.79 Å². The molecule has 1 aromatic carbocycles. The maximum Gasteiger partial charge on any atom is 0.562 e. The largest absolute Gasteiger partial charge is 0.562 e. The highest BCUT2D eigenvalue weighted by Crippen LogP contribution is 2.17. The number of carboxylic acids is 1. The van der Waals surface area contributed by atoms with Gasteiger partial charge in [0, 0.05) is 11.9 Å². The van der Waals surface area contributed by atoms with Crippen molar-refractivity contribution >= 4 is 24.5 Å². The lowest BCUT2D eigenvalue weighted by Crippen LogP contribution is -2.57. The highest BCUT2D eigenvalue weighted by molar-refractivity contribution is 6.62. The molecule has 1 atom stereocenters. The van der Waals surface area contributed by atoms with E-state index in [1.807, 2.05) is 0 Å². The zero-order valence-corrected chi connectivity index (χ0v) is 8.79. The van der Waals surface area contributed by atoms with Gasteiger partial charge < -0.3 is 20.5 Å². The smallest absolute Gasteiger partial charge is 0.504 e. The standard InChI is InChI=1S/C10H10BNO5/c12-10(8(13)14)5-6-3-1-2-4-7(6)11(16)17-9(10)15/h1-4,16H,5,12H2,(H,13,14)/t10-/m0/s1. The van der Waals surface area contributed by atoms with E-state index >= 15 is 0 Å². The molecule has 1 aromatic rings. The number of fused-ring (bicyclic) bond motifs is 1. The van der Waals surface area contributed by atoms with Crippen LogP contribution in [-0.4, -0.2) is 34.7 Å². The number of carbonyl (C=O) groups is 2. The zero-order chi connectivity index (χ0) is 12.6. The molecule has 1 heterocycles. The minimum atomic E-state index is -2.16. The summed E-state index contributed by atoms with van der Waals surface area (Å²) in [6, 6.07) is 6.48. The third-order valence-electron chi connectivity index (χ3n) is 2.75. The van der Waals surface area contributed by atoms with Gasteiger partial charge in [-0.1, -0.05) is 24.3 Å². The Balaban J connectivity index is 2.53. The van der Waals surface area contributed by atoms with Gasteiger partial charge in [-0.2, -0.15) is 0 Å². The summed E-state index contributed by atoms with van der Waals surface area (Å²) in [4.78, 5) is 22.6. The molecule has 1 aliphatic heterocycles. The molecule has 0 bridgehead atoms. The molecule has 4 N–H and O–H groups in total. The van der Waals surface area contributed by atoms with Gasteiger partial charge in [0.05, 0.1) is 0 Å². The molecule has 17 heavy (non-hydrogen) atoms. The summed E-state index contributed by atoms with van der Waals surface area (Å²) in [5.41, 5.74) is 4.22.